The Bertz CT molecular complexity index is 280. The summed E-state index contributed by atoms with van der Waals surface area (Å²) in [6, 6.07) is 0. The van der Waals surface area contributed by atoms with Crippen molar-refractivity contribution in [2.45, 2.75) is 39.9 Å². The molecule has 7 heteroatoms. The van der Waals surface area contributed by atoms with Crippen molar-refractivity contribution >= 4 is 19.2 Å². The van der Waals surface area contributed by atoms with Crippen molar-refractivity contribution in [1.29, 1.82) is 0 Å². The number of halogens is 1. The van der Waals surface area contributed by atoms with Gasteiger partial charge in [-0.25, -0.2) is 0 Å². The quantitative estimate of drug-likeness (QED) is 0.530. The van der Waals surface area contributed by atoms with Crippen molar-refractivity contribution in [3.8, 4) is 0 Å². The molecule has 17 heavy (non-hydrogen) atoms. The van der Waals surface area contributed by atoms with E-state index in [1.807, 2.05) is 0 Å². The molecule has 0 spiro atoms. The number of hydrogen-bond acceptors (Lipinski definition) is 5. The minimum atomic E-state index is -3.48. The lowest BCUT2D eigenvalue weighted by Crippen LogP contribution is -2.13. The summed E-state index contributed by atoms with van der Waals surface area (Å²) in [7, 11) is -3.48. The predicted octanol–water partition coefficient (Wildman–Crippen LogP) is 2.65. The largest absolute Gasteiger partial charge is 0.395 e. The molecule has 0 aromatic rings. The summed E-state index contributed by atoms with van der Waals surface area (Å²) in [5, 5.41) is 11.3. The fourth-order valence-corrected chi connectivity index (χ4v) is 2.91. The van der Waals surface area contributed by atoms with Gasteiger partial charge in [0, 0.05) is 12.7 Å². The maximum Gasteiger partial charge on any atom is 0.374 e. The van der Waals surface area contributed by atoms with Gasteiger partial charge in [-0.05, 0) is 27.7 Å². The van der Waals surface area contributed by atoms with Crippen LogP contribution in [0.1, 0.15) is 27.7 Å². The first kappa shape index (κ1) is 16.9. The zero-order valence-corrected chi connectivity index (χ0v) is 12.3. The molecule has 0 aliphatic heterocycles. The van der Waals surface area contributed by atoms with Crippen molar-refractivity contribution in [3.05, 3.63) is 11.0 Å². The van der Waals surface area contributed by atoms with Crippen LogP contribution < -0.4 is 5.32 Å². The average Bonchev–Trinajstić information content (AvgIpc) is 2.15. The Labute approximate surface area is 108 Å². The van der Waals surface area contributed by atoms with E-state index in [0.717, 1.165) is 0 Å². The second-order valence-electron chi connectivity index (χ2n) is 3.95. The molecule has 0 aliphatic rings. The van der Waals surface area contributed by atoms with E-state index in [1.165, 1.54) is 6.20 Å². The van der Waals surface area contributed by atoms with E-state index in [4.69, 9.17) is 25.8 Å². The number of hydrogen-bond donors (Lipinski definition) is 2. The number of nitrogens with one attached hydrogen (secondary N) is 1. The molecule has 5 nitrogen and oxygen atoms in total. The smallest absolute Gasteiger partial charge is 0.374 e. The lowest BCUT2D eigenvalue weighted by atomic mass is 10.5. The van der Waals surface area contributed by atoms with Crippen molar-refractivity contribution in [2.75, 3.05) is 13.2 Å². The van der Waals surface area contributed by atoms with Gasteiger partial charge in [0.25, 0.3) is 0 Å². The Kier molecular flexibility index (Phi) is 8.09. The topological polar surface area (TPSA) is 67.8 Å². The summed E-state index contributed by atoms with van der Waals surface area (Å²) in [4.78, 5) is 0. The molecule has 102 valence electrons. The van der Waals surface area contributed by atoms with E-state index in [9.17, 15) is 4.57 Å². The van der Waals surface area contributed by atoms with E-state index in [2.05, 4.69) is 5.32 Å². The van der Waals surface area contributed by atoms with Crippen molar-refractivity contribution in [2.24, 2.45) is 0 Å². The Morgan fingerprint density at radius 1 is 1.35 bits per heavy atom. The molecule has 0 rings (SSSR count). The van der Waals surface area contributed by atoms with Crippen LogP contribution in [-0.4, -0.2) is 30.5 Å². The molecule has 0 heterocycles. The molecule has 0 amide bonds. The van der Waals surface area contributed by atoms with Gasteiger partial charge in [-0.2, -0.15) is 0 Å². The van der Waals surface area contributed by atoms with Crippen LogP contribution in [0.3, 0.4) is 0 Å². The first-order chi connectivity index (χ1) is 7.81. The van der Waals surface area contributed by atoms with Crippen molar-refractivity contribution < 1.29 is 18.7 Å². The monoisotopic (exact) mass is 285 g/mol. The molecule has 0 bridgehead atoms. The second kappa shape index (κ2) is 8.11. The number of aliphatic hydroxyl groups is 1. The van der Waals surface area contributed by atoms with E-state index in [0.29, 0.717) is 6.54 Å². The molecule has 0 unspecified atom stereocenters. The fraction of sp³-hybridized carbons (Fsp3) is 0.800. The molecule has 0 saturated heterocycles. The van der Waals surface area contributed by atoms with Gasteiger partial charge in [-0.3, -0.25) is 4.57 Å². The molecule has 0 radical (unpaired) electrons. The van der Waals surface area contributed by atoms with Crippen LogP contribution in [0, 0.1) is 0 Å². The normalized spacial score (nSPS) is 13.5. The first-order valence-electron chi connectivity index (χ1n) is 5.49. The summed E-state index contributed by atoms with van der Waals surface area (Å²) in [5.74, 6) is 0. The Morgan fingerprint density at radius 3 is 2.18 bits per heavy atom. The van der Waals surface area contributed by atoms with Crippen LogP contribution in [-0.2, 0) is 13.6 Å². The SMILES string of the molecule is CC(C)OP(=O)(OC(C)C)C(Cl)=CNCCO. The van der Waals surface area contributed by atoms with Gasteiger partial charge >= 0.3 is 7.60 Å². The average molecular weight is 286 g/mol. The summed E-state index contributed by atoms with van der Waals surface area (Å²) >= 11 is 5.92. The van der Waals surface area contributed by atoms with Crippen LogP contribution in [0.4, 0.5) is 0 Å². The summed E-state index contributed by atoms with van der Waals surface area (Å²) < 4.78 is 22.9. The zero-order chi connectivity index (χ0) is 13.5. The zero-order valence-electron chi connectivity index (χ0n) is 10.6. The predicted molar refractivity (Wildman–Crippen MR) is 69.1 cm³/mol. The van der Waals surface area contributed by atoms with Gasteiger partial charge < -0.3 is 19.5 Å². The third-order valence-electron chi connectivity index (χ3n) is 1.44. The highest BCUT2D eigenvalue weighted by molar-refractivity contribution is 7.61. The van der Waals surface area contributed by atoms with E-state index in [1.54, 1.807) is 27.7 Å². The molecule has 2 N–H and O–H groups in total. The second-order valence-corrected chi connectivity index (χ2v) is 6.52. The summed E-state index contributed by atoms with van der Waals surface area (Å²) in [5.41, 5.74) is 0. The summed E-state index contributed by atoms with van der Waals surface area (Å²) in [6.07, 6.45) is 0.808. The van der Waals surface area contributed by atoms with Crippen LogP contribution in [0.25, 0.3) is 0 Å². The van der Waals surface area contributed by atoms with Gasteiger partial charge in [-0.15, -0.1) is 0 Å². The number of rotatable bonds is 8. The Morgan fingerprint density at radius 2 is 1.82 bits per heavy atom. The minimum Gasteiger partial charge on any atom is -0.395 e. The van der Waals surface area contributed by atoms with E-state index < -0.39 is 7.60 Å². The molecule has 0 aromatic heterocycles. The van der Waals surface area contributed by atoms with Crippen molar-refractivity contribution in [3.63, 3.8) is 0 Å². The number of aliphatic hydroxyl groups excluding tert-OH is 1. The van der Waals surface area contributed by atoms with Gasteiger partial charge in [0.2, 0.25) is 0 Å². The van der Waals surface area contributed by atoms with Crippen LogP contribution in [0.2, 0.25) is 0 Å². The third-order valence-corrected chi connectivity index (χ3v) is 4.22. The van der Waals surface area contributed by atoms with Crippen molar-refractivity contribution in [1.82, 2.24) is 5.32 Å². The maximum absolute atomic E-state index is 12.4. The van der Waals surface area contributed by atoms with Crippen LogP contribution >= 0.6 is 19.2 Å². The molecule has 0 aliphatic carbocycles. The van der Waals surface area contributed by atoms with Crippen LogP contribution in [0.5, 0.6) is 0 Å². The minimum absolute atomic E-state index is 0.0200. The highest BCUT2D eigenvalue weighted by Crippen LogP contribution is 2.59. The Balaban J connectivity index is 4.77. The standard InChI is InChI=1S/C10H21ClNO4P/c1-8(2)15-17(14,16-9(3)4)10(11)7-12-5-6-13/h7-9,12-13H,5-6H2,1-4H3. The lowest BCUT2D eigenvalue weighted by Gasteiger charge is -2.22. The molecule has 0 fully saturated rings. The highest BCUT2D eigenvalue weighted by atomic mass is 35.5. The molecular formula is C10H21ClNO4P. The maximum atomic E-state index is 12.4. The van der Waals surface area contributed by atoms with Gasteiger partial charge in [0.15, 0.2) is 0 Å². The lowest BCUT2D eigenvalue weighted by molar-refractivity contribution is 0.148. The third kappa shape index (κ3) is 7.06. The van der Waals surface area contributed by atoms with Gasteiger partial charge in [-0.1, -0.05) is 11.6 Å². The summed E-state index contributed by atoms with van der Waals surface area (Å²) in [6.45, 7) is 7.28. The fourth-order valence-electron chi connectivity index (χ4n) is 0.981. The molecule has 0 saturated carbocycles. The molecular weight excluding hydrogens is 265 g/mol. The van der Waals surface area contributed by atoms with E-state index in [-0.39, 0.29) is 23.6 Å². The van der Waals surface area contributed by atoms with Gasteiger partial charge in [0.1, 0.15) is 4.77 Å². The first-order valence-corrected chi connectivity index (χ1v) is 7.41. The van der Waals surface area contributed by atoms with Crippen LogP contribution in [0.15, 0.2) is 11.0 Å². The molecule has 0 atom stereocenters. The van der Waals surface area contributed by atoms with Gasteiger partial charge in [0.05, 0.1) is 18.8 Å². The highest BCUT2D eigenvalue weighted by Gasteiger charge is 2.31. The van der Waals surface area contributed by atoms with E-state index >= 15 is 0 Å². The Hall–Kier alpha value is -0.0600. The molecule has 0 aromatic carbocycles.